The van der Waals surface area contributed by atoms with Gasteiger partial charge in [0.2, 0.25) is 0 Å². The summed E-state index contributed by atoms with van der Waals surface area (Å²) in [6.45, 7) is 6.39. The largest absolute Gasteiger partial charge is 0.312 e. The predicted octanol–water partition coefficient (Wildman–Crippen LogP) is 4.47. The molecule has 2 aromatic rings. The van der Waals surface area contributed by atoms with Crippen molar-refractivity contribution >= 4 is 22.9 Å². The fourth-order valence-corrected chi connectivity index (χ4v) is 2.85. The van der Waals surface area contributed by atoms with Crippen molar-refractivity contribution in [2.24, 2.45) is 0 Å². The van der Waals surface area contributed by atoms with Gasteiger partial charge in [-0.3, -0.25) is 0 Å². The van der Waals surface area contributed by atoms with E-state index in [-0.39, 0.29) is 5.41 Å². The van der Waals surface area contributed by atoms with Crippen LogP contribution < -0.4 is 5.32 Å². The maximum atomic E-state index is 5.87. The minimum atomic E-state index is 0.181. The first-order valence-electron chi connectivity index (χ1n) is 6.07. The van der Waals surface area contributed by atoms with Crippen LogP contribution in [-0.2, 0) is 12.0 Å². The van der Waals surface area contributed by atoms with Gasteiger partial charge in [-0.25, -0.2) is 0 Å². The van der Waals surface area contributed by atoms with Crippen LogP contribution >= 0.6 is 22.9 Å². The van der Waals surface area contributed by atoms with Crippen LogP contribution in [0.25, 0.3) is 0 Å². The van der Waals surface area contributed by atoms with Crippen molar-refractivity contribution in [2.45, 2.75) is 25.8 Å². The molecule has 2 rings (SSSR count). The fraction of sp³-hybridized carbons (Fsp3) is 0.333. The molecule has 0 atom stereocenters. The van der Waals surface area contributed by atoms with Gasteiger partial charge in [0.05, 0.1) is 0 Å². The number of rotatable bonds is 5. The highest BCUT2D eigenvalue weighted by Gasteiger charge is 2.20. The van der Waals surface area contributed by atoms with Crippen molar-refractivity contribution in [3.05, 3.63) is 57.2 Å². The van der Waals surface area contributed by atoms with Gasteiger partial charge >= 0.3 is 0 Å². The standard InChI is InChI=1S/C15H18ClNS/c1-15(2,14-4-3-9-18-14)11-17-10-12-5-7-13(16)8-6-12/h3-9,17H,10-11H2,1-2H3. The molecule has 0 aliphatic rings. The second-order valence-electron chi connectivity index (χ2n) is 5.09. The Morgan fingerprint density at radius 2 is 1.89 bits per heavy atom. The molecule has 1 heterocycles. The molecule has 0 bridgehead atoms. The summed E-state index contributed by atoms with van der Waals surface area (Å²) < 4.78 is 0. The molecule has 1 aromatic heterocycles. The Bertz CT molecular complexity index is 474. The SMILES string of the molecule is CC(C)(CNCc1ccc(Cl)cc1)c1cccs1. The van der Waals surface area contributed by atoms with Crippen molar-refractivity contribution in [3.63, 3.8) is 0 Å². The zero-order valence-electron chi connectivity index (χ0n) is 10.7. The number of hydrogen-bond donors (Lipinski definition) is 1. The zero-order valence-corrected chi connectivity index (χ0v) is 12.3. The summed E-state index contributed by atoms with van der Waals surface area (Å²) in [7, 11) is 0. The molecule has 0 aliphatic heterocycles. The number of benzene rings is 1. The minimum Gasteiger partial charge on any atom is -0.312 e. The van der Waals surface area contributed by atoms with E-state index in [1.807, 2.05) is 23.5 Å². The third kappa shape index (κ3) is 3.58. The average Bonchev–Trinajstić information content (AvgIpc) is 2.86. The molecule has 96 valence electrons. The van der Waals surface area contributed by atoms with Crippen LogP contribution in [0.2, 0.25) is 5.02 Å². The highest BCUT2D eigenvalue weighted by Crippen LogP contribution is 2.26. The number of hydrogen-bond acceptors (Lipinski definition) is 2. The van der Waals surface area contributed by atoms with Gasteiger partial charge in [-0.05, 0) is 29.1 Å². The quantitative estimate of drug-likeness (QED) is 0.851. The monoisotopic (exact) mass is 279 g/mol. The Kier molecular flexibility index (Phi) is 4.44. The van der Waals surface area contributed by atoms with E-state index in [9.17, 15) is 0 Å². The molecule has 0 unspecified atom stereocenters. The molecule has 0 amide bonds. The molecule has 1 nitrogen and oxygen atoms in total. The van der Waals surface area contributed by atoms with Crippen molar-refractivity contribution in [1.29, 1.82) is 0 Å². The first-order valence-corrected chi connectivity index (χ1v) is 7.33. The summed E-state index contributed by atoms with van der Waals surface area (Å²) in [5.41, 5.74) is 1.45. The summed E-state index contributed by atoms with van der Waals surface area (Å²) in [6.07, 6.45) is 0. The van der Waals surface area contributed by atoms with Crippen molar-refractivity contribution in [2.75, 3.05) is 6.54 Å². The van der Waals surface area contributed by atoms with Crippen LogP contribution in [0.3, 0.4) is 0 Å². The average molecular weight is 280 g/mol. The summed E-state index contributed by atoms with van der Waals surface area (Å²) >= 11 is 7.69. The Morgan fingerprint density at radius 3 is 2.50 bits per heavy atom. The lowest BCUT2D eigenvalue weighted by Gasteiger charge is -2.23. The van der Waals surface area contributed by atoms with Crippen LogP contribution in [0.1, 0.15) is 24.3 Å². The normalized spacial score (nSPS) is 11.7. The molecule has 18 heavy (non-hydrogen) atoms. The number of nitrogens with one attached hydrogen (secondary N) is 1. The topological polar surface area (TPSA) is 12.0 Å². The molecule has 1 N–H and O–H groups in total. The van der Waals surface area contributed by atoms with E-state index >= 15 is 0 Å². The van der Waals surface area contributed by atoms with Gasteiger partial charge in [0.1, 0.15) is 0 Å². The number of thiophene rings is 1. The van der Waals surface area contributed by atoms with Crippen LogP contribution in [-0.4, -0.2) is 6.54 Å². The van der Waals surface area contributed by atoms with Gasteiger partial charge in [-0.1, -0.05) is 43.6 Å². The third-order valence-corrected chi connectivity index (χ3v) is 4.49. The molecule has 0 fully saturated rings. The van der Waals surface area contributed by atoms with Crippen LogP contribution in [0.15, 0.2) is 41.8 Å². The van der Waals surface area contributed by atoms with E-state index in [4.69, 9.17) is 11.6 Å². The Hall–Kier alpha value is -0.830. The van der Waals surface area contributed by atoms with E-state index in [1.54, 1.807) is 0 Å². The van der Waals surface area contributed by atoms with E-state index in [0.717, 1.165) is 18.1 Å². The van der Waals surface area contributed by atoms with E-state index < -0.39 is 0 Å². The maximum Gasteiger partial charge on any atom is 0.0406 e. The molecule has 0 saturated heterocycles. The maximum absolute atomic E-state index is 5.87. The smallest absolute Gasteiger partial charge is 0.0406 e. The molecule has 0 radical (unpaired) electrons. The lowest BCUT2D eigenvalue weighted by Crippen LogP contribution is -2.31. The van der Waals surface area contributed by atoms with Crippen molar-refractivity contribution in [3.8, 4) is 0 Å². The molecular weight excluding hydrogens is 262 g/mol. The molecule has 1 aromatic carbocycles. The van der Waals surface area contributed by atoms with Gasteiger partial charge in [0.25, 0.3) is 0 Å². The first kappa shape index (κ1) is 13.6. The Balaban J connectivity index is 1.87. The molecule has 0 aliphatic carbocycles. The van der Waals surface area contributed by atoms with Crippen LogP contribution in [0.5, 0.6) is 0 Å². The first-order chi connectivity index (χ1) is 8.58. The second-order valence-corrected chi connectivity index (χ2v) is 6.48. The summed E-state index contributed by atoms with van der Waals surface area (Å²) in [5.74, 6) is 0. The number of halogens is 1. The Labute approximate surface area is 118 Å². The molecule has 0 saturated carbocycles. The van der Waals surface area contributed by atoms with Crippen molar-refractivity contribution in [1.82, 2.24) is 5.32 Å². The molecule has 3 heteroatoms. The lowest BCUT2D eigenvalue weighted by molar-refractivity contribution is 0.477. The second kappa shape index (κ2) is 5.87. The predicted molar refractivity (Wildman–Crippen MR) is 80.5 cm³/mol. The summed E-state index contributed by atoms with van der Waals surface area (Å²) in [5, 5.41) is 6.44. The van der Waals surface area contributed by atoms with E-state index in [1.165, 1.54) is 10.4 Å². The molecular formula is C15H18ClNS. The van der Waals surface area contributed by atoms with Gasteiger partial charge in [0.15, 0.2) is 0 Å². The highest BCUT2D eigenvalue weighted by atomic mass is 35.5. The summed E-state index contributed by atoms with van der Waals surface area (Å²) in [6, 6.07) is 12.3. The van der Waals surface area contributed by atoms with Crippen LogP contribution in [0, 0.1) is 0 Å². The lowest BCUT2D eigenvalue weighted by atomic mass is 9.91. The minimum absolute atomic E-state index is 0.181. The fourth-order valence-electron chi connectivity index (χ4n) is 1.87. The van der Waals surface area contributed by atoms with Gasteiger partial charge in [-0.15, -0.1) is 11.3 Å². The van der Waals surface area contributed by atoms with Crippen molar-refractivity contribution < 1.29 is 0 Å². The third-order valence-electron chi connectivity index (χ3n) is 3.00. The van der Waals surface area contributed by atoms with E-state index in [2.05, 4.69) is 48.8 Å². The van der Waals surface area contributed by atoms with Gasteiger partial charge in [0, 0.05) is 28.4 Å². The zero-order chi connectivity index (χ0) is 13.0. The van der Waals surface area contributed by atoms with E-state index in [0.29, 0.717) is 0 Å². The Morgan fingerprint density at radius 1 is 1.17 bits per heavy atom. The highest BCUT2D eigenvalue weighted by molar-refractivity contribution is 7.10. The van der Waals surface area contributed by atoms with Crippen LogP contribution in [0.4, 0.5) is 0 Å². The van der Waals surface area contributed by atoms with Gasteiger partial charge < -0.3 is 5.32 Å². The molecule has 0 spiro atoms. The van der Waals surface area contributed by atoms with Gasteiger partial charge in [-0.2, -0.15) is 0 Å². The summed E-state index contributed by atoms with van der Waals surface area (Å²) in [4.78, 5) is 1.42.